The number of aliphatic carboxylic acids is 1. The predicted molar refractivity (Wildman–Crippen MR) is 65.5 cm³/mol. The second kappa shape index (κ2) is 4.67. The van der Waals surface area contributed by atoms with Gasteiger partial charge in [-0.15, -0.1) is 0 Å². The predicted octanol–water partition coefficient (Wildman–Crippen LogP) is 1.87. The first-order chi connectivity index (χ1) is 8.09. The lowest BCUT2D eigenvalue weighted by atomic mass is 10.2. The molecule has 2 heterocycles. The van der Waals surface area contributed by atoms with Gasteiger partial charge in [-0.25, -0.2) is 4.98 Å². The van der Waals surface area contributed by atoms with E-state index in [2.05, 4.69) is 25.9 Å². The standard InChI is InChI=1S/C11H10BrN3O2/c1-15-10(12)8(6-9(16)17)14-11(15)7-2-4-13-5-3-7/h2-5H,6H2,1H3,(H,16,17). The van der Waals surface area contributed by atoms with Crippen LogP contribution in [0.25, 0.3) is 11.4 Å². The minimum atomic E-state index is -0.898. The van der Waals surface area contributed by atoms with Gasteiger partial charge in [-0.3, -0.25) is 9.78 Å². The Hall–Kier alpha value is -1.69. The fourth-order valence-corrected chi connectivity index (χ4v) is 1.95. The Bertz CT molecular complexity index is 551. The van der Waals surface area contributed by atoms with Crippen molar-refractivity contribution >= 4 is 21.9 Å². The largest absolute Gasteiger partial charge is 0.481 e. The molecule has 2 aromatic rings. The van der Waals surface area contributed by atoms with Gasteiger partial charge in [0.1, 0.15) is 10.4 Å². The van der Waals surface area contributed by atoms with Crippen molar-refractivity contribution in [3.63, 3.8) is 0 Å². The Balaban J connectivity index is 2.46. The maximum Gasteiger partial charge on any atom is 0.309 e. The summed E-state index contributed by atoms with van der Waals surface area (Å²) in [7, 11) is 1.83. The third kappa shape index (κ3) is 2.36. The number of halogens is 1. The highest BCUT2D eigenvalue weighted by molar-refractivity contribution is 9.10. The molecular formula is C11H10BrN3O2. The molecule has 1 N–H and O–H groups in total. The second-order valence-electron chi connectivity index (χ2n) is 3.54. The summed E-state index contributed by atoms with van der Waals surface area (Å²) in [4.78, 5) is 19.0. The van der Waals surface area contributed by atoms with E-state index in [1.807, 2.05) is 23.7 Å². The smallest absolute Gasteiger partial charge is 0.309 e. The molecule has 6 heteroatoms. The molecule has 0 amide bonds. The van der Waals surface area contributed by atoms with Crippen LogP contribution in [0.1, 0.15) is 5.69 Å². The number of hydrogen-bond acceptors (Lipinski definition) is 3. The van der Waals surface area contributed by atoms with Gasteiger partial charge < -0.3 is 9.67 Å². The van der Waals surface area contributed by atoms with Crippen molar-refractivity contribution in [1.29, 1.82) is 0 Å². The molecule has 0 spiro atoms. The van der Waals surface area contributed by atoms with Crippen LogP contribution in [0.4, 0.5) is 0 Å². The van der Waals surface area contributed by atoms with Crippen molar-refractivity contribution in [2.45, 2.75) is 6.42 Å². The van der Waals surface area contributed by atoms with Crippen LogP contribution in [-0.4, -0.2) is 25.6 Å². The third-order valence-electron chi connectivity index (χ3n) is 2.35. The van der Waals surface area contributed by atoms with Crippen molar-refractivity contribution < 1.29 is 9.90 Å². The number of nitrogens with zero attached hydrogens (tertiary/aromatic N) is 3. The van der Waals surface area contributed by atoms with E-state index in [4.69, 9.17) is 5.11 Å². The van der Waals surface area contributed by atoms with Gasteiger partial charge in [-0.2, -0.15) is 0 Å². The molecule has 0 atom stereocenters. The zero-order chi connectivity index (χ0) is 12.4. The van der Waals surface area contributed by atoms with Gasteiger partial charge in [0.15, 0.2) is 0 Å². The summed E-state index contributed by atoms with van der Waals surface area (Å²) in [5, 5.41) is 8.78. The fraction of sp³-hybridized carbons (Fsp3) is 0.182. The molecule has 0 unspecified atom stereocenters. The molecule has 0 aliphatic heterocycles. The number of aromatic nitrogens is 3. The number of carboxylic acid groups (broad SMARTS) is 1. The van der Waals surface area contributed by atoms with Crippen molar-refractivity contribution in [3.8, 4) is 11.4 Å². The van der Waals surface area contributed by atoms with E-state index in [0.717, 1.165) is 11.4 Å². The van der Waals surface area contributed by atoms with Crippen LogP contribution in [0, 0.1) is 0 Å². The Kier molecular flexibility index (Phi) is 3.23. The van der Waals surface area contributed by atoms with Gasteiger partial charge in [0.2, 0.25) is 0 Å². The Morgan fingerprint density at radius 1 is 1.47 bits per heavy atom. The Morgan fingerprint density at radius 2 is 2.12 bits per heavy atom. The highest BCUT2D eigenvalue weighted by atomic mass is 79.9. The Labute approximate surface area is 106 Å². The molecule has 5 nitrogen and oxygen atoms in total. The monoisotopic (exact) mass is 295 g/mol. The highest BCUT2D eigenvalue weighted by Crippen LogP contribution is 2.24. The first-order valence-corrected chi connectivity index (χ1v) is 5.72. The first-order valence-electron chi connectivity index (χ1n) is 4.93. The quantitative estimate of drug-likeness (QED) is 0.939. The maximum absolute atomic E-state index is 10.7. The molecule has 0 saturated heterocycles. The lowest BCUT2D eigenvalue weighted by Gasteiger charge is -2.01. The minimum absolute atomic E-state index is 0.0977. The average Bonchev–Trinajstić information content (AvgIpc) is 2.58. The zero-order valence-corrected chi connectivity index (χ0v) is 10.7. The minimum Gasteiger partial charge on any atom is -0.481 e. The summed E-state index contributed by atoms with van der Waals surface area (Å²) in [6.45, 7) is 0. The molecular weight excluding hydrogens is 286 g/mol. The Morgan fingerprint density at radius 3 is 2.71 bits per heavy atom. The van der Waals surface area contributed by atoms with Gasteiger partial charge in [-0.1, -0.05) is 0 Å². The summed E-state index contributed by atoms with van der Waals surface area (Å²) < 4.78 is 2.50. The molecule has 0 bridgehead atoms. The van der Waals surface area contributed by atoms with Gasteiger partial charge >= 0.3 is 5.97 Å². The first kappa shape index (κ1) is 11.8. The van der Waals surface area contributed by atoms with E-state index < -0.39 is 5.97 Å². The zero-order valence-electron chi connectivity index (χ0n) is 9.09. The lowest BCUT2D eigenvalue weighted by molar-refractivity contribution is -0.136. The maximum atomic E-state index is 10.7. The molecule has 0 aromatic carbocycles. The van der Waals surface area contributed by atoms with Crippen LogP contribution < -0.4 is 0 Å². The van der Waals surface area contributed by atoms with Crippen molar-refractivity contribution in [2.75, 3.05) is 0 Å². The van der Waals surface area contributed by atoms with Crippen LogP contribution in [0.5, 0.6) is 0 Å². The molecule has 2 rings (SSSR count). The highest BCUT2D eigenvalue weighted by Gasteiger charge is 2.15. The number of hydrogen-bond donors (Lipinski definition) is 1. The second-order valence-corrected chi connectivity index (χ2v) is 4.29. The topological polar surface area (TPSA) is 68.0 Å². The van der Waals surface area contributed by atoms with E-state index >= 15 is 0 Å². The summed E-state index contributed by atoms with van der Waals surface area (Å²) in [5.74, 6) is -0.180. The lowest BCUT2D eigenvalue weighted by Crippen LogP contribution is -2.01. The molecule has 0 radical (unpaired) electrons. The van der Waals surface area contributed by atoms with Gasteiger partial charge in [0.25, 0.3) is 0 Å². The SMILES string of the molecule is Cn1c(-c2ccncc2)nc(CC(=O)O)c1Br. The van der Waals surface area contributed by atoms with Crippen LogP contribution >= 0.6 is 15.9 Å². The van der Waals surface area contributed by atoms with Gasteiger partial charge in [0, 0.05) is 25.0 Å². The molecule has 0 fully saturated rings. The van der Waals surface area contributed by atoms with E-state index in [-0.39, 0.29) is 6.42 Å². The average molecular weight is 296 g/mol. The van der Waals surface area contributed by atoms with E-state index in [1.165, 1.54) is 0 Å². The molecule has 88 valence electrons. The summed E-state index contributed by atoms with van der Waals surface area (Å²) in [6.07, 6.45) is 3.25. The molecule has 0 saturated carbocycles. The van der Waals surface area contributed by atoms with Crippen LogP contribution in [-0.2, 0) is 18.3 Å². The normalized spacial score (nSPS) is 10.5. The third-order valence-corrected chi connectivity index (χ3v) is 3.34. The van der Waals surface area contributed by atoms with Gasteiger partial charge in [0.05, 0.1) is 12.1 Å². The molecule has 17 heavy (non-hydrogen) atoms. The van der Waals surface area contributed by atoms with Crippen LogP contribution in [0.15, 0.2) is 29.1 Å². The van der Waals surface area contributed by atoms with Gasteiger partial charge in [-0.05, 0) is 28.1 Å². The molecule has 0 aliphatic carbocycles. The molecule has 2 aromatic heterocycles. The van der Waals surface area contributed by atoms with Crippen molar-refractivity contribution in [3.05, 3.63) is 34.8 Å². The van der Waals surface area contributed by atoms with Crippen molar-refractivity contribution in [1.82, 2.24) is 14.5 Å². The van der Waals surface area contributed by atoms with E-state index in [0.29, 0.717) is 10.3 Å². The van der Waals surface area contributed by atoms with E-state index in [9.17, 15) is 4.79 Å². The number of rotatable bonds is 3. The number of carbonyl (C=O) groups is 1. The summed E-state index contributed by atoms with van der Waals surface area (Å²) >= 11 is 3.35. The summed E-state index contributed by atoms with van der Waals surface area (Å²) in [6, 6.07) is 3.67. The van der Waals surface area contributed by atoms with Crippen LogP contribution in [0.2, 0.25) is 0 Å². The number of pyridine rings is 1. The van der Waals surface area contributed by atoms with E-state index in [1.54, 1.807) is 12.4 Å². The number of carboxylic acids is 1. The fourth-order valence-electron chi connectivity index (χ4n) is 1.55. The molecule has 0 aliphatic rings. The number of imidazole rings is 1. The summed E-state index contributed by atoms with van der Waals surface area (Å²) in [5.41, 5.74) is 1.42. The van der Waals surface area contributed by atoms with Crippen LogP contribution in [0.3, 0.4) is 0 Å². The van der Waals surface area contributed by atoms with Crippen molar-refractivity contribution in [2.24, 2.45) is 7.05 Å².